The van der Waals surface area contributed by atoms with E-state index in [0.717, 1.165) is 0 Å². The van der Waals surface area contributed by atoms with Gasteiger partial charge in [0, 0.05) is 31.2 Å². The predicted octanol–water partition coefficient (Wildman–Crippen LogP) is -0.945. The number of carboxylic acids is 2. The molecule has 0 aliphatic carbocycles. The van der Waals surface area contributed by atoms with Crippen molar-refractivity contribution >= 4 is 29.7 Å². The van der Waals surface area contributed by atoms with Crippen LogP contribution in [0.2, 0.25) is 0 Å². The SMILES string of the molecule is NCCCCC(NC(=O)C(N)Cc1cnc[nH]1)C(=O)NC(Cc1ccccc1)C(=O)NC(CCC(=O)O)C(=O)O. The summed E-state index contributed by atoms with van der Waals surface area (Å²) < 4.78 is 0. The molecule has 40 heavy (non-hydrogen) atoms. The molecule has 1 aromatic carbocycles. The molecule has 0 spiro atoms. The summed E-state index contributed by atoms with van der Waals surface area (Å²) in [7, 11) is 0. The van der Waals surface area contributed by atoms with Crippen molar-refractivity contribution in [1.29, 1.82) is 0 Å². The normalized spacial score (nSPS) is 13.8. The number of nitrogens with zero attached hydrogens (tertiary/aromatic N) is 1. The third-order valence-electron chi connectivity index (χ3n) is 6.09. The van der Waals surface area contributed by atoms with E-state index in [1.807, 2.05) is 0 Å². The highest BCUT2D eigenvalue weighted by atomic mass is 16.4. The summed E-state index contributed by atoms with van der Waals surface area (Å²) >= 11 is 0. The number of aromatic nitrogens is 2. The van der Waals surface area contributed by atoms with Gasteiger partial charge in [0.2, 0.25) is 17.7 Å². The van der Waals surface area contributed by atoms with Gasteiger partial charge in [-0.1, -0.05) is 30.3 Å². The Kier molecular flexibility index (Phi) is 13.3. The van der Waals surface area contributed by atoms with Gasteiger partial charge in [-0.2, -0.15) is 0 Å². The molecule has 3 amide bonds. The molecule has 14 heteroatoms. The van der Waals surface area contributed by atoms with Crippen molar-refractivity contribution in [2.24, 2.45) is 11.5 Å². The van der Waals surface area contributed by atoms with E-state index in [2.05, 4.69) is 25.9 Å². The van der Waals surface area contributed by atoms with Crippen LogP contribution in [-0.4, -0.2) is 80.6 Å². The number of hydrogen-bond acceptors (Lipinski definition) is 8. The van der Waals surface area contributed by atoms with Crippen molar-refractivity contribution < 1.29 is 34.2 Å². The van der Waals surface area contributed by atoms with E-state index in [0.29, 0.717) is 30.6 Å². The van der Waals surface area contributed by atoms with Crippen LogP contribution >= 0.6 is 0 Å². The number of carbonyl (C=O) groups excluding carboxylic acids is 3. The van der Waals surface area contributed by atoms with E-state index in [9.17, 15) is 29.1 Å². The fourth-order valence-electron chi connectivity index (χ4n) is 3.90. The van der Waals surface area contributed by atoms with Crippen molar-refractivity contribution in [2.45, 2.75) is 69.1 Å². The van der Waals surface area contributed by atoms with Gasteiger partial charge in [-0.05, 0) is 37.8 Å². The Labute approximate surface area is 231 Å². The lowest BCUT2D eigenvalue weighted by atomic mass is 10.0. The van der Waals surface area contributed by atoms with Crippen molar-refractivity contribution in [1.82, 2.24) is 25.9 Å². The van der Waals surface area contributed by atoms with Gasteiger partial charge in [0.25, 0.3) is 0 Å². The summed E-state index contributed by atoms with van der Waals surface area (Å²) in [4.78, 5) is 68.6. The quantitative estimate of drug-likeness (QED) is 0.104. The maximum atomic E-state index is 13.4. The van der Waals surface area contributed by atoms with Gasteiger partial charge in [0.15, 0.2) is 0 Å². The van der Waals surface area contributed by atoms with Crippen LogP contribution in [-0.2, 0) is 36.8 Å². The van der Waals surface area contributed by atoms with Crippen LogP contribution in [0.4, 0.5) is 0 Å². The van der Waals surface area contributed by atoms with E-state index in [1.54, 1.807) is 30.3 Å². The number of carboxylic acid groups (broad SMARTS) is 2. The third-order valence-corrected chi connectivity index (χ3v) is 6.09. The second kappa shape index (κ2) is 16.6. The number of aliphatic carboxylic acids is 2. The molecule has 2 aromatic rings. The molecule has 0 radical (unpaired) electrons. The van der Waals surface area contributed by atoms with Crippen LogP contribution in [0.5, 0.6) is 0 Å². The highest BCUT2D eigenvalue weighted by Crippen LogP contribution is 2.08. The summed E-state index contributed by atoms with van der Waals surface area (Å²) in [6, 6.07) is 4.04. The molecule has 0 bridgehead atoms. The van der Waals surface area contributed by atoms with Crippen LogP contribution in [0, 0.1) is 0 Å². The van der Waals surface area contributed by atoms with Gasteiger partial charge in [-0.25, -0.2) is 9.78 Å². The van der Waals surface area contributed by atoms with Gasteiger partial charge in [-0.3, -0.25) is 19.2 Å². The Morgan fingerprint density at radius 1 is 0.850 bits per heavy atom. The van der Waals surface area contributed by atoms with Crippen LogP contribution in [0.25, 0.3) is 0 Å². The lowest BCUT2D eigenvalue weighted by Crippen LogP contribution is -2.57. The second-order valence-electron chi connectivity index (χ2n) is 9.32. The number of aromatic amines is 1. The molecule has 10 N–H and O–H groups in total. The molecule has 2 rings (SSSR count). The van der Waals surface area contributed by atoms with E-state index >= 15 is 0 Å². The van der Waals surface area contributed by atoms with Gasteiger partial charge in [0.05, 0.1) is 12.4 Å². The number of benzene rings is 1. The molecule has 14 nitrogen and oxygen atoms in total. The minimum absolute atomic E-state index is 0.0203. The Morgan fingerprint density at radius 2 is 1.50 bits per heavy atom. The molecule has 0 aliphatic rings. The molecule has 0 fully saturated rings. The van der Waals surface area contributed by atoms with Crippen LogP contribution in [0.3, 0.4) is 0 Å². The molecule has 0 saturated heterocycles. The number of imidazole rings is 1. The topological polar surface area (TPSA) is 243 Å². The maximum Gasteiger partial charge on any atom is 0.326 e. The van der Waals surface area contributed by atoms with E-state index in [4.69, 9.17) is 16.6 Å². The lowest BCUT2D eigenvalue weighted by molar-refractivity contribution is -0.143. The third kappa shape index (κ3) is 11.2. The number of hydrogen-bond donors (Lipinski definition) is 8. The van der Waals surface area contributed by atoms with E-state index < -0.39 is 60.2 Å². The average molecular weight is 560 g/mol. The minimum atomic E-state index is -1.47. The van der Waals surface area contributed by atoms with Gasteiger partial charge in [0.1, 0.15) is 18.1 Å². The Hall–Kier alpha value is -4.30. The first-order chi connectivity index (χ1) is 19.1. The summed E-state index contributed by atoms with van der Waals surface area (Å²) in [5, 5.41) is 26.0. The van der Waals surface area contributed by atoms with Gasteiger partial charge < -0.3 is 42.6 Å². The highest BCUT2D eigenvalue weighted by Gasteiger charge is 2.30. The molecule has 4 unspecified atom stereocenters. The molecular formula is C26H37N7O7. The summed E-state index contributed by atoms with van der Waals surface area (Å²) in [5.41, 5.74) is 12.9. The summed E-state index contributed by atoms with van der Waals surface area (Å²) in [5.74, 6) is -4.66. The summed E-state index contributed by atoms with van der Waals surface area (Å²) in [6.45, 7) is 0.383. The molecule has 0 aliphatic heterocycles. The van der Waals surface area contributed by atoms with Crippen LogP contribution in [0.15, 0.2) is 42.9 Å². The number of unbranched alkanes of at least 4 members (excludes halogenated alkanes) is 1. The number of rotatable bonds is 18. The van der Waals surface area contributed by atoms with Crippen molar-refractivity contribution in [3.8, 4) is 0 Å². The largest absolute Gasteiger partial charge is 0.481 e. The highest BCUT2D eigenvalue weighted by molar-refractivity contribution is 5.94. The first kappa shape index (κ1) is 31.9. The van der Waals surface area contributed by atoms with E-state index in [-0.39, 0.29) is 25.7 Å². The average Bonchev–Trinajstić information content (AvgIpc) is 3.43. The second-order valence-corrected chi connectivity index (χ2v) is 9.32. The number of nitrogens with one attached hydrogen (secondary N) is 4. The first-order valence-electron chi connectivity index (χ1n) is 12.9. The Bertz CT molecular complexity index is 1110. The first-order valence-corrected chi connectivity index (χ1v) is 12.9. The zero-order chi connectivity index (χ0) is 29.5. The zero-order valence-corrected chi connectivity index (χ0v) is 22.0. The van der Waals surface area contributed by atoms with Crippen molar-refractivity contribution in [3.05, 3.63) is 54.1 Å². The Morgan fingerprint density at radius 3 is 2.10 bits per heavy atom. The molecule has 218 valence electrons. The molecule has 4 atom stereocenters. The standard InChI is InChI=1S/C26H37N7O7/c27-11-5-4-8-19(31-23(36)18(28)13-17-14-29-15-30-17)24(37)33-21(12-16-6-2-1-3-7-16)25(38)32-20(26(39)40)9-10-22(34)35/h1-3,6-7,14-15,18-21H,4-5,8-13,27-28H2,(H,29,30)(H,31,36)(H,32,38)(H,33,37)(H,34,35)(H,39,40). The van der Waals surface area contributed by atoms with Crippen molar-refractivity contribution in [2.75, 3.05) is 6.54 Å². The zero-order valence-electron chi connectivity index (χ0n) is 22.0. The fourth-order valence-corrected chi connectivity index (χ4v) is 3.90. The number of amides is 3. The molecular weight excluding hydrogens is 522 g/mol. The predicted molar refractivity (Wildman–Crippen MR) is 144 cm³/mol. The van der Waals surface area contributed by atoms with Crippen LogP contribution in [0.1, 0.15) is 43.4 Å². The van der Waals surface area contributed by atoms with E-state index in [1.165, 1.54) is 12.5 Å². The molecule has 1 aromatic heterocycles. The monoisotopic (exact) mass is 559 g/mol. The number of carbonyl (C=O) groups is 5. The van der Waals surface area contributed by atoms with Gasteiger partial charge in [-0.15, -0.1) is 0 Å². The van der Waals surface area contributed by atoms with Crippen molar-refractivity contribution in [3.63, 3.8) is 0 Å². The maximum absolute atomic E-state index is 13.4. The smallest absolute Gasteiger partial charge is 0.326 e. The van der Waals surface area contributed by atoms with Crippen LogP contribution < -0.4 is 27.4 Å². The fraction of sp³-hybridized carbons (Fsp3) is 0.462. The summed E-state index contributed by atoms with van der Waals surface area (Å²) in [6.07, 6.45) is 3.69. The number of H-pyrrole nitrogens is 1. The number of nitrogens with two attached hydrogens (primary N) is 2. The minimum Gasteiger partial charge on any atom is -0.481 e. The molecule has 0 saturated carbocycles. The lowest BCUT2D eigenvalue weighted by Gasteiger charge is -2.25. The van der Waals surface area contributed by atoms with Gasteiger partial charge >= 0.3 is 11.9 Å². The molecule has 1 heterocycles. The Balaban J connectivity index is 2.19.